The van der Waals surface area contributed by atoms with E-state index in [9.17, 15) is 19.2 Å². The summed E-state index contributed by atoms with van der Waals surface area (Å²) in [5, 5.41) is 22.9. The highest BCUT2D eigenvalue weighted by Gasteiger charge is 2.56. The van der Waals surface area contributed by atoms with E-state index in [0.29, 0.717) is 24.0 Å². The Morgan fingerprint density at radius 3 is 1.07 bits per heavy atom. The van der Waals surface area contributed by atoms with Gasteiger partial charge in [0.25, 0.3) is 0 Å². The van der Waals surface area contributed by atoms with E-state index in [4.69, 9.17) is 19.7 Å². The van der Waals surface area contributed by atoms with E-state index in [0.717, 1.165) is 164 Å². The molecular formula is C66H86N6O8. The van der Waals surface area contributed by atoms with Crippen molar-refractivity contribution in [3.8, 4) is 11.5 Å². The van der Waals surface area contributed by atoms with E-state index in [2.05, 4.69) is 115 Å². The fourth-order valence-electron chi connectivity index (χ4n) is 16.5. The van der Waals surface area contributed by atoms with Gasteiger partial charge in [-0.25, -0.2) is 9.59 Å². The van der Waals surface area contributed by atoms with Crippen LogP contribution in [0.15, 0.2) is 121 Å². The molecule has 10 aliphatic rings. The molecule has 0 spiro atoms. The summed E-state index contributed by atoms with van der Waals surface area (Å²) < 4.78 is 11.2. The molecule has 4 N–H and O–H groups in total. The molecule has 14 nitrogen and oxygen atoms in total. The Balaban J connectivity index is 0.000000159. The van der Waals surface area contributed by atoms with E-state index in [1.807, 2.05) is 24.3 Å². The molecule has 80 heavy (non-hydrogen) atoms. The predicted molar refractivity (Wildman–Crippen MR) is 313 cm³/mol. The molecule has 8 bridgehead atoms. The number of piperazine rings is 2. The number of amides is 2. The zero-order valence-electron chi connectivity index (χ0n) is 47.3. The number of methoxy groups -OCH3 is 2. The van der Waals surface area contributed by atoms with Gasteiger partial charge in [0.15, 0.2) is 0 Å². The lowest BCUT2D eigenvalue weighted by Crippen LogP contribution is -2.58. The summed E-state index contributed by atoms with van der Waals surface area (Å²) in [7, 11) is 3.49. The highest BCUT2D eigenvalue weighted by Crippen LogP contribution is 2.61. The Hall–Kier alpha value is -6.38. The van der Waals surface area contributed by atoms with Gasteiger partial charge in [-0.1, -0.05) is 84.9 Å². The normalized spacial score (nSPS) is 28.2. The lowest BCUT2D eigenvalue weighted by atomic mass is 9.49. The highest BCUT2D eigenvalue weighted by atomic mass is 16.5. The average molecular weight is 1090 g/mol. The summed E-state index contributed by atoms with van der Waals surface area (Å²) >= 11 is 0. The summed E-state index contributed by atoms with van der Waals surface area (Å²) in [6.45, 7) is 9.70. The second-order valence-electron chi connectivity index (χ2n) is 25.0. The molecule has 4 aromatic carbocycles. The maximum atomic E-state index is 13.9. The van der Waals surface area contributed by atoms with Gasteiger partial charge in [-0.15, -0.1) is 0 Å². The molecule has 14 heteroatoms. The van der Waals surface area contributed by atoms with Crippen molar-refractivity contribution in [2.75, 3.05) is 89.5 Å². The van der Waals surface area contributed by atoms with Crippen LogP contribution in [-0.4, -0.2) is 136 Å². The van der Waals surface area contributed by atoms with Gasteiger partial charge in [0.1, 0.15) is 11.5 Å². The largest absolute Gasteiger partial charge is 0.495 e. The van der Waals surface area contributed by atoms with Gasteiger partial charge in [0.2, 0.25) is 11.8 Å². The first kappa shape index (κ1) is 56.9. The number of carboxylic acid groups (broad SMARTS) is 2. The molecule has 10 fully saturated rings. The van der Waals surface area contributed by atoms with Crippen LogP contribution in [0.5, 0.6) is 11.5 Å². The number of carboxylic acids is 2. The number of aliphatic carboxylic acids is 2. The minimum absolute atomic E-state index is 0.0910. The maximum Gasteiger partial charge on any atom is 0.328 e. The smallest absolute Gasteiger partial charge is 0.328 e. The predicted octanol–water partition coefficient (Wildman–Crippen LogP) is 9.23. The van der Waals surface area contributed by atoms with Gasteiger partial charge in [0, 0.05) is 101 Å². The second-order valence-corrected chi connectivity index (χ2v) is 25.0. The number of hydrogen-bond donors (Lipinski definition) is 4. The number of carbonyl (C=O) groups is 4. The summed E-state index contributed by atoms with van der Waals surface area (Å²) in [6.07, 6.45) is 17.9. The molecule has 0 aromatic heterocycles. The van der Waals surface area contributed by atoms with Crippen LogP contribution in [-0.2, 0) is 32.0 Å². The van der Waals surface area contributed by atoms with Crippen molar-refractivity contribution in [2.45, 2.75) is 102 Å². The van der Waals surface area contributed by atoms with Crippen molar-refractivity contribution in [2.24, 2.45) is 46.3 Å². The quantitative estimate of drug-likeness (QED) is 0.0700. The van der Waals surface area contributed by atoms with E-state index >= 15 is 0 Å². The van der Waals surface area contributed by atoms with Crippen LogP contribution < -0.4 is 29.9 Å². The third-order valence-corrected chi connectivity index (χ3v) is 19.3. The third kappa shape index (κ3) is 14.2. The zero-order chi connectivity index (χ0) is 55.6. The first-order chi connectivity index (χ1) is 38.8. The van der Waals surface area contributed by atoms with Crippen LogP contribution in [0.25, 0.3) is 0 Å². The number of anilines is 2. The zero-order valence-corrected chi connectivity index (χ0v) is 47.3. The Kier molecular flexibility index (Phi) is 18.5. The van der Waals surface area contributed by atoms with Crippen LogP contribution in [0.2, 0.25) is 0 Å². The van der Waals surface area contributed by atoms with Crippen LogP contribution in [0.4, 0.5) is 11.4 Å². The number of nitrogens with one attached hydrogen (secondary N) is 2. The standard InChI is InChI=1S/2C31H41N3O2.C4H4O4/c2*1-36-29-10-6-5-9-28(29)34-13-11-33(12-14-34)22-27(18-23-7-3-2-4-8-23)32-30(35)31-19-24-15-25(20-31)17-26(16-24)21-31;5-3(6)1-2-4(7)8/h2*2-10,24-27H,11-22H2,1H3,(H,32,35);1-2H,(H,5,6)(H,7,8)/b;;2-1+/t2*24?,25?,26?,27-,31?;/m00./s1. The Morgan fingerprint density at radius 1 is 0.475 bits per heavy atom. The molecule has 2 aliphatic heterocycles. The molecule has 0 radical (unpaired) electrons. The molecule has 428 valence electrons. The van der Waals surface area contributed by atoms with Crippen molar-refractivity contribution in [1.82, 2.24) is 20.4 Å². The first-order valence-corrected chi connectivity index (χ1v) is 29.9. The summed E-state index contributed by atoms with van der Waals surface area (Å²) in [5.41, 5.74) is 4.78. The average Bonchev–Trinajstić information content (AvgIpc) is 3.48. The molecule has 0 unspecified atom stereocenters. The fourth-order valence-corrected chi connectivity index (χ4v) is 16.5. The van der Waals surface area contributed by atoms with Gasteiger partial charge in [-0.05, 0) is 161 Å². The Bertz CT molecular complexity index is 2480. The number of rotatable bonds is 18. The number of carbonyl (C=O) groups excluding carboxylic acids is 2. The Labute approximate surface area is 474 Å². The summed E-state index contributed by atoms with van der Waals surface area (Å²) in [4.78, 5) is 56.8. The first-order valence-electron chi connectivity index (χ1n) is 29.9. The van der Waals surface area contributed by atoms with Crippen LogP contribution in [0.3, 0.4) is 0 Å². The lowest BCUT2D eigenvalue weighted by molar-refractivity contribution is -0.147. The van der Waals surface area contributed by atoms with Gasteiger partial charge < -0.3 is 40.1 Å². The van der Waals surface area contributed by atoms with Gasteiger partial charge in [-0.2, -0.15) is 0 Å². The van der Waals surface area contributed by atoms with E-state index in [1.165, 1.54) is 61.0 Å². The number of ether oxygens (including phenoxy) is 2. The number of hydrogen-bond acceptors (Lipinski definition) is 10. The minimum atomic E-state index is -1.26. The van der Waals surface area contributed by atoms with Gasteiger partial charge >= 0.3 is 11.9 Å². The fraction of sp³-hybridized carbons (Fsp3) is 0.545. The molecule has 2 saturated heterocycles. The number of benzene rings is 4. The topological polar surface area (TPSA) is 164 Å². The van der Waals surface area contributed by atoms with E-state index in [-0.39, 0.29) is 22.9 Å². The summed E-state index contributed by atoms with van der Waals surface area (Å²) in [5.74, 6) is 4.82. The molecule has 8 saturated carbocycles. The SMILES string of the molecule is COc1ccccc1N1CCN(C[C@H](Cc2ccccc2)NC(=O)C23CC4CC(CC(C4)C2)C3)CC1.COc1ccccc1N1CCN(C[C@H](Cc2ccccc2)NC(=O)C23CC4CC(CC(C4)C2)C3)CC1.O=C(O)/C=C/C(=O)O. The molecular weight excluding hydrogens is 1000 g/mol. The molecule has 4 aromatic rings. The number of nitrogens with zero attached hydrogens (tertiary/aromatic N) is 4. The van der Waals surface area contributed by atoms with Crippen molar-refractivity contribution < 1.29 is 38.9 Å². The molecule has 2 atom stereocenters. The van der Waals surface area contributed by atoms with Crippen molar-refractivity contribution >= 4 is 35.1 Å². The van der Waals surface area contributed by atoms with Crippen LogP contribution in [0.1, 0.15) is 88.2 Å². The molecule has 8 aliphatic carbocycles. The second kappa shape index (κ2) is 26.0. The van der Waals surface area contributed by atoms with Crippen molar-refractivity contribution in [3.05, 3.63) is 132 Å². The van der Waals surface area contributed by atoms with Crippen molar-refractivity contribution in [1.29, 1.82) is 0 Å². The minimum Gasteiger partial charge on any atom is -0.495 e. The van der Waals surface area contributed by atoms with Crippen molar-refractivity contribution in [3.63, 3.8) is 0 Å². The third-order valence-electron chi connectivity index (χ3n) is 19.3. The van der Waals surface area contributed by atoms with Gasteiger partial charge in [-0.3, -0.25) is 19.4 Å². The maximum absolute atomic E-state index is 13.9. The van der Waals surface area contributed by atoms with E-state index < -0.39 is 11.9 Å². The number of para-hydroxylation sites is 4. The highest BCUT2D eigenvalue weighted by molar-refractivity contribution is 5.89. The van der Waals surface area contributed by atoms with E-state index in [1.54, 1.807) is 14.2 Å². The van der Waals surface area contributed by atoms with Crippen LogP contribution >= 0.6 is 0 Å². The molecule has 14 rings (SSSR count). The van der Waals surface area contributed by atoms with Crippen LogP contribution in [0, 0.1) is 46.3 Å². The lowest BCUT2D eigenvalue weighted by Gasteiger charge is -2.56. The molecule has 2 amide bonds. The summed E-state index contributed by atoms with van der Waals surface area (Å²) in [6, 6.07) is 38.3. The monoisotopic (exact) mass is 1090 g/mol. The Morgan fingerprint density at radius 2 is 0.775 bits per heavy atom. The molecule has 2 heterocycles. The van der Waals surface area contributed by atoms with Gasteiger partial charge in [0.05, 0.1) is 25.6 Å².